The molecular formula is C23H27N3O2. The van der Waals surface area contributed by atoms with Crippen LogP contribution < -0.4 is 10.2 Å². The molecule has 2 heterocycles. The lowest BCUT2D eigenvalue weighted by atomic mass is 9.99. The van der Waals surface area contributed by atoms with Crippen molar-refractivity contribution in [1.82, 2.24) is 4.90 Å². The minimum atomic E-state index is 0.103. The summed E-state index contributed by atoms with van der Waals surface area (Å²) in [6.45, 7) is 2.38. The predicted octanol–water partition coefficient (Wildman–Crippen LogP) is 3.35. The van der Waals surface area contributed by atoms with Gasteiger partial charge in [-0.15, -0.1) is 0 Å². The van der Waals surface area contributed by atoms with Crippen molar-refractivity contribution >= 4 is 23.1 Å². The lowest BCUT2D eigenvalue weighted by Crippen LogP contribution is -2.45. The van der Waals surface area contributed by atoms with Gasteiger partial charge in [-0.3, -0.25) is 14.5 Å². The molecule has 0 atom stereocenters. The van der Waals surface area contributed by atoms with E-state index in [1.165, 1.54) is 11.3 Å². The fourth-order valence-corrected chi connectivity index (χ4v) is 4.18. The highest BCUT2D eigenvalue weighted by atomic mass is 16.1. The van der Waals surface area contributed by atoms with Crippen LogP contribution in [0.25, 0.3) is 0 Å². The second-order valence-electron chi connectivity index (χ2n) is 7.80. The Morgan fingerprint density at radius 2 is 1.86 bits per heavy atom. The number of nitrogens with one attached hydrogen (secondary N) is 1. The minimum absolute atomic E-state index is 0.103. The van der Waals surface area contributed by atoms with Crippen LogP contribution >= 0.6 is 0 Å². The van der Waals surface area contributed by atoms with Crippen molar-refractivity contribution in [2.24, 2.45) is 0 Å². The maximum atomic E-state index is 12.4. The van der Waals surface area contributed by atoms with Crippen LogP contribution in [-0.4, -0.2) is 49.3 Å². The van der Waals surface area contributed by atoms with Crippen molar-refractivity contribution < 1.29 is 9.59 Å². The molecule has 2 aliphatic rings. The van der Waals surface area contributed by atoms with Crippen LogP contribution in [0.1, 0.15) is 35.2 Å². The summed E-state index contributed by atoms with van der Waals surface area (Å²) < 4.78 is 0. The Bertz CT molecular complexity index is 857. The Morgan fingerprint density at radius 3 is 2.61 bits per heavy atom. The third-order valence-electron chi connectivity index (χ3n) is 5.96. The summed E-state index contributed by atoms with van der Waals surface area (Å²) in [5, 5.41) is 2.95. The van der Waals surface area contributed by atoms with Crippen molar-refractivity contribution in [2.45, 2.75) is 31.7 Å². The lowest BCUT2D eigenvalue weighted by Gasteiger charge is -2.38. The number of piperidine rings is 1. The number of Topliss-reactive ketones (excluding diaryl/α,β-unsaturated/α-hetero) is 1. The van der Waals surface area contributed by atoms with Gasteiger partial charge >= 0.3 is 0 Å². The van der Waals surface area contributed by atoms with E-state index in [0.717, 1.165) is 43.6 Å². The van der Waals surface area contributed by atoms with E-state index in [4.69, 9.17) is 0 Å². The first-order valence-corrected chi connectivity index (χ1v) is 10.1. The smallest absolute Gasteiger partial charge is 0.224 e. The molecule has 2 aromatic carbocycles. The van der Waals surface area contributed by atoms with Crippen LogP contribution in [0.2, 0.25) is 0 Å². The fourth-order valence-electron chi connectivity index (χ4n) is 4.18. The number of rotatable bonds is 5. The Balaban J connectivity index is 1.33. The maximum absolute atomic E-state index is 12.4. The Kier molecular flexibility index (Phi) is 5.44. The number of anilines is 2. The van der Waals surface area contributed by atoms with E-state index in [9.17, 15) is 9.59 Å². The molecule has 0 spiro atoms. The molecule has 4 rings (SSSR count). The summed E-state index contributed by atoms with van der Waals surface area (Å²) in [7, 11) is 2.15. The number of aryl methyl sites for hydroxylation is 1. The van der Waals surface area contributed by atoms with Crippen molar-refractivity contribution in [3.8, 4) is 0 Å². The van der Waals surface area contributed by atoms with Gasteiger partial charge in [0.15, 0.2) is 5.78 Å². The fraction of sp³-hybridized carbons (Fsp3) is 0.391. The van der Waals surface area contributed by atoms with Gasteiger partial charge in [-0.25, -0.2) is 0 Å². The van der Waals surface area contributed by atoms with Crippen molar-refractivity contribution in [1.29, 1.82) is 0 Å². The van der Waals surface area contributed by atoms with Crippen LogP contribution in [0.15, 0.2) is 48.5 Å². The molecule has 5 nitrogen and oxygen atoms in total. The maximum Gasteiger partial charge on any atom is 0.224 e. The summed E-state index contributed by atoms with van der Waals surface area (Å²) >= 11 is 0. The summed E-state index contributed by atoms with van der Waals surface area (Å²) in [5.41, 5.74) is 4.16. The Morgan fingerprint density at radius 1 is 1.11 bits per heavy atom. The molecule has 2 aromatic rings. The van der Waals surface area contributed by atoms with Crippen LogP contribution in [0.4, 0.5) is 11.4 Å². The molecule has 0 bridgehead atoms. The highest BCUT2D eigenvalue weighted by molar-refractivity contribution is 5.97. The van der Waals surface area contributed by atoms with E-state index in [0.29, 0.717) is 19.0 Å². The van der Waals surface area contributed by atoms with E-state index in [1.54, 1.807) is 0 Å². The molecule has 146 valence electrons. The molecule has 1 N–H and O–H groups in total. The average molecular weight is 377 g/mol. The number of hydrogen-bond acceptors (Lipinski definition) is 4. The minimum Gasteiger partial charge on any atom is -0.372 e. The normalized spacial score (nSPS) is 17.7. The zero-order chi connectivity index (χ0) is 19.5. The summed E-state index contributed by atoms with van der Waals surface area (Å²) in [4.78, 5) is 28.6. The SMILES string of the molecule is CN(c1ccc2c(c1)CCC(=O)N2)C1CCN(CC(=O)c2ccccc2)CC1. The molecule has 0 radical (unpaired) electrons. The predicted molar refractivity (Wildman–Crippen MR) is 112 cm³/mol. The Hall–Kier alpha value is -2.66. The number of carbonyl (C=O) groups excluding carboxylic acids is 2. The molecule has 0 aromatic heterocycles. The monoisotopic (exact) mass is 377 g/mol. The van der Waals surface area contributed by atoms with E-state index in [1.807, 2.05) is 36.4 Å². The third kappa shape index (κ3) is 4.09. The molecule has 0 saturated carbocycles. The third-order valence-corrected chi connectivity index (χ3v) is 5.96. The van der Waals surface area contributed by atoms with Gasteiger partial charge in [0.1, 0.15) is 0 Å². The van der Waals surface area contributed by atoms with E-state index < -0.39 is 0 Å². The molecule has 0 unspecified atom stereocenters. The van der Waals surface area contributed by atoms with E-state index >= 15 is 0 Å². The largest absolute Gasteiger partial charge is 0.372 e. The van der Waals surface area contributed by atoms with Crippen LogP contribution in [0, 0.1) is 0 Å². The van der Waals surface area contributed by atoms with Crippen molar-refractivity contribution in [3.63, 3.8) is 0 Å². The van der Waals surface area contributed by atoms with Crippen LogP contribution in [0.3, 0.4) is 0 Å². The summed E-state index contributed by atoms with van der Waals surface area (Å²) in [6.07, 6.45) is 3.47. The zero-order valence-electron chi connectivity index (χ0n) is 16.4. The van der Waals surface area contributed by atoms with Crippen LogP contribution in [0.5, 0.6) is 0 Å². The highest BCUT2D eigenvalue weighted by Gasteiger charge is 2.25. The number of likely N-dealkylation sites (tertiary alicyclic amines) is 1. The number of hydrogen-bond donors (Lipinski definition) is 1. The molecule has 2 aliphatic heterocycles. The molecule has 1 fully saturated rings. The number of nitrogens with zero attached hydrogens (tertiary/aromatic N) is 2. The number of amides is 1. The first kappa shape index (κ1) is 18.7. The second kappa shape index (κ2) is 8.15. The van der Waals surface area contributed by atoms with Gasteiger partial charge in [-0.2, -0.15) is 0 Å². The lowest BCUT2D eigenvalue weighted by molar-refractivity contribution is -0.116. The molecular weight excluding hydrogens is 350 g/mol. The standard InChI is InChI=1S/C23H27N3O2/c1-25(20-8-9-21-18(15-20)7-10-23(28)24-21)19-11-13-26(14-12-19)16-22(27)17-5-3-2-4-6-17/h2-6,8-9,15,19H,7,10-14,16H2,1H3,(H,24,28). The first-order chi connectivity index (χ1) is 13.6. The number of ketones is 1. The van der Waals surface area contributed by atoms with Gasteiger partial charge in [0, 0.05) is 49.5 Å². The van der Waals surface area contributed by atoms with Gasteiger partial charge in [0.2, 0.25) is 5.91 Å². The Labute approximate surface area is 166 Å². The molecule has 28 heavy (non-hydrogen) atoms. The molecule has 0 aliphatic carbocycles. The average Bonchev–Trinajstić information content (AvgIpc) is 2.74. The van der Waals surface area contributed by atoms with E-state index in [2.05, 4.69) is 34.3 Å². The van der Waals surface area contributed by atoms with Crippen molar-refractivity contribution in [3.05, 3.63) is 59.7 Å². The van der Waals surface area contributed by atoms with Gasteiger partial charge in [-0.1, -0.05) is 30.3 Å². The number of fused-ring (bicyclic) bond motifs is 1. The zero-order valence-corrected chi connectivity index (χ0v) is 16.4. The van der Waals surface area contributed by atoms with Crippen molar-refractivity contribution in [2.75, 3.05) is 36.9 Å². The van der Waals surface area contributed by atoms with Gasteiger partial charge in [-0.05, 0) is 43.0 Å². The highest BCUT2D eigenvalue weighted by Crippen LogP contribution is 2.29. The van der Waals surface area contributed by atoms with Gasteiger partial charge in [0.05, 0.1) is 6.54 Å². The number of benzene rings is 2. The molecule has 1 amide bonds. The topological polar surface area (TPSA) is 52.7 Å². The van der Waals surface area contributed by atoms with Gasteiger partial charge in [0.25, 0.3) is 0 Å². The molecule has 1 saturated heterocycles. The molecule has 5 heteroatoms. The number of carbonyl (C=O) groups is 2. The summed E-state index contributed by atoms with van der Waals surface area (Å²) in [6, 6.07) is 16.3. The van der Waals surface area contributed by atoms with Gasteiger partial charge < -0.3 is 10.2 Å². The second-order valence-corrected chi connectivity index (χ2v) is 7.80. The summed E-state index contributed by atoms with van der Waals surface area (Å²) in [5.74, 6) is 0.301. The van der Waals surface area contributed by atoms with Crippen LogP contribution in [-0.2, 0) is 11.2 Å². The van der Waals surface area contributed by atoms with E-state index in [-0.39, 0.29) is 11.7 Å². The quantitative estimate of drug-likeness (QED) is 0.812. The first-order valence-electron chi connectivity index (χ1n) is 10.1.